The van der Waals surface area contributed by atoms with Crippen LogP contribution in [-0.2, 0) is 6.61 Å². The van der Waals surface area contributed by atoms with Gasteiger partial charge in [0, 0.05) is 16.1 Å². The van der Waals surface area contributed by atoms with Crippen LogP contribution in [0.3, 0.4) is 0 Å². The summed E-state index contributed by atoms with van der Waals surface area (Å²) in [6.07, 6.45) is 0. The molecule has 0 aliphatic heterocycles. The van der Waals surface area contributed by atoms with Crippen LogP contribution in [0.15, 0.2) is 40.9 Å². The van der Waals surface area contributed by atoms with E-state index in [1.54, 1.807) is 12.1 Å². The highest BCUT2D eigenvalue weighted by Crippen LogP contribution is 2.24. The monoisotopic (exact) mass is 337 g/mol. The summed E-state index contributed by atoms with van der Waals surface area (Å²) in [5, 5.41) is 0. The van der Waals surface area contributed by atoms with Crippen molar-refractivity contribution in [3.05, 3.63) is 63.4 Å². The molecule has 106 valence electrons. The molecule has 0 aromatic heterocycles. The first kappa shape index (κ1) is 15.0. The van der Waals surface area contributed by atoms with E-state index >= 15 is 0 Å². The van der Waals surface area contributed by atoms with Gasteiger partial charge in [-0.2, -0.15) is 0 Å². The lowest BCUT2D eigenvalue weighted by Crippen LogP contribution is -2.06. The summed E-state index contributed by atoms with van der Waals surface area (Å²) in [4.78, 5) is 0. The predicted molar refractivity (Wildman–Crippen MR) is 82.2 cm³/mol. The van der Waals surface area contributed by atoms with Gasteiger partial charge in [0.2, 0.25) is 0 Å². The lowest BCUT2D eigenvalue weighted by Gasteiger charge is -2.13. The normalized spacial score (nSPS) is 12.2. The fourth-order valence-corrected chi connectivity index (χ4v) is 2.34. The Bertz CT molecular complexity index is 613. The fourth-order valence-electron chi connectivity index (χ4n) is 1.93. The van der Waals surface area contributed by atoms with Gasteiger partial charge in [-0.25, -0.2) is 4.39 Å². The van der Waals surface area contributed by atoms with Crippen molar-refractivity contribution < 1.29 is 9.13 Å². The Morgan fingerprint density at radius 2 is 2.00 bits per heavy atom. The highest BCUT2D eigenvalue weighted by molar-refractivity contribution is 9.10. The topological polar surface area (TPSA) is 35.2 Å². The van der Waals surface area contributed by atoms with Crippen molar-refractivity contribution in [3.8, 4) is 5.75 Å². The molecule has 0 saturated heterocycles. The molecule has 0 aliphatic rings. The van der Waals surface area contributed by atoms with Gasteiger partial charge in [0.15, 0.2) is 0 Å². The summed E-state index contributed by atoms with van der Waals surface area (Å²) < 4.78 is 20.2. The third kappa shape index (κ3) is 3.58. The molecule has 0 heterocycles. The minimum absolute atomic E-state index is 0.00901. The summed E-state index contributed by atoms with van der Waals surface area (Å²) in [5.74, 6) is 0.479. The third-order valence-electron chi connectivity index (χ3n) is 3.12. The molecule has 2 aromatic rings. The van der Waals surface area contributed by atoms with Gasteiger partial charge in [-0.05, 0) is 49.2 Å². The average molecular weight is 338 g/mol. The number of rotatable bonds is 4. The van der Waals surface area contributed by atoms with Crippen LogP contribution in [0.2, 0.25) is 0 Å². The minimum atomic E-state index is -0.266. The molecule has 1 atom stereocenters. The molecular weight excluding hydrogens is 321 g/mol. The van der Waals surface area contributed by atoms with E-state index in [-0.39, 0.29) is 18.5 Å². The summed E-state index contributed by atoms with van der Waals surface area (Å²) in [7, 11) is 0. The standard InChI is InChI=1S/C16H17BrFNO/c1-10-7-12(11(2)19)3-6-16(10)20-9-13-8-14(17)4-5-15(13)18/h3-8,11H,9,19H2,1-2H3. The summed E-state index contributed by atoms with van der Waals surface area (Å²) in [6, 6.07) is 10.6. The fraction of sp³-hybridized carbons (Fsp3) is 0.250. The average Bonchev–Trinajstić information content (AvgIpc) is 2.40. The SMILES string of the molecule is Cc1cc(C(C)N)ccc1OCc1cc(Br)ccc1F. The van der Waals surface area contributed by atoms with Gasteiger partial charge in [0.05, 0.1) is 0 Å². The Kier molecular flexibility index (Phi) is 4.78. The van der Waals surface area contributed by atoms with Crippen LogP contribution < -0.4 is 10.5 Å². The Hall–Kier alpha value is -1.39. The van der Waals surface area contributed by atoms with Gasteiger partial charge >= 0.3 is 0 Å². The van der Waals surface area contributed by atoms with Crippen molar-refractivity contribution >= 4 is 15.9 Å². The van der Waals surface area contributed by atoms with E-state index in [0.29, 0.717) is 5.56 Å². The van der Waals surface area contributed by atoms with E-state index < -0.39 is 0 Å². The summed E-state index contributed by atoms with van der Waals surface area (Å²) in [5.41, 5.74) is 8.42. The molecule has 0 bridgehead atoms. The molecule has 0 aliphatic carbocycles. The van der Waals surface area contributed by atoms with Gasteiger partial charge in [0.25, 0.3) is 0 Å². The van der Waals surface area contributed by atoms with Crippen LogP contribution in [0.5, 0.6) is 5.75 Å². The first-order valence-corrected chi connectivity index (χ1v) is 7.19. The second kappa shape index (κ2) is 6.37. The highest BCUT2D eigenvalue weighted by Gasteiger charge is 2.07. The number of hydrogen-bond donors (Lipinski definition) is 1. The zero-order valence-corrected chi connectivity index (χ0v) is 13.1. The van der Waals surface area contributed by atoms with Gasteiger partial charge in [-0.3, -0.25) is 0 Å². The lowest BCUT2D eigenvalue weighted by molar-refractivity contribution is 0.297. The van der Waals surface area contributed by atoms with Crippen molar-refractivity contribution in [1.82, 2.24) is 0 Å². The van der Waals surface area contributed by atoms with Gasteiger partial charge < -0.3 is 10.5 Å². The number of hydrogen-bond acceptors (Lipinski definition) is 2. The second-order valence-electron chi connectivity index (χ2n) is 4.84. The van der Waals surface area contributed by atoms with Crippen LogP contribution in [-0.4, -0.2) is 0 Å². The zero-order chi connectivity index (χ0) is 14.7. The molecule has 20 heavy (non-hydrogen) atoms. The molecule has 2 nitrogen and oxygen atoms in total. The molecule has 0 amide bonds. The predicted octanol–water partition coefficient (Wildman–Crippen LogP) is 4.50. The van der Waals surface area contributed by atoms with E-state index in [9.17, 15) is 4.39 Å². The van der Waals surface area contributed by atoms with E-state index in [1.807, 2.05) is 32.0 Å². The van der Waals surface area contributed by atoms with E-state index in [0.717, 1.165) is 21.3 Å². The Morgan fingerprint density at radius 3 is 2.65 bits per heavy atom. The minimum Gasteiger partial charge on any atom is -0.489 e. The first-order valence-electron chi connectivity index (χ1n) is 6.40. The van der Waals surface area contributed by atoms with Gasteiger partial charge in [0.1, 0.15) is 18.2 Å². The zero-order valence-electron chi connectivity index (χ0n) is 11.5. The van der Waals surface area contributed by atoms with Crippen molar-refractivity contribution in [1.29, 1.82) is 0 Å². The number of benzene rings is 2. The third-order valence-corrected chi connectivity index (χ3v) is 3.61. The van der Waals surface area contributed by atoms with E-state index in [4.69, 9.17) is 10.5 Å². The molecule has 0 radical (unpaired) electrons. The van der Waals surface area contributed by atoms with E-state index in [1.165, 1.54) is 6.07 Å². The van der Waals surface area contributed by atoms with Crippen LogP contribution >= 0.6 is 15.9 Å². The summed E-state index contributed by atoms with van der Waals surface area (Å²) >= 11 is 3.33. The molecule has 2 rings (SSSR count). The van der Waals surface area contributed by atoms with Crippen molar-refractivity contribution in [2.45, 2.75) is 26.5 Å². The lowest BCUT2D eigenvalue weighted by atomic mass is 10.1. The van der Waals surface area contributed by atoms with E-state index in [2.05, 4.69) is 15.9 Å². The number of nitrogens with two attached hydrogens (primary N) is 1. The molecule has 0 saturated carbocycles. The number of aryl methyl sites for hydroxylation is 1. The van der Waals surface area contributed by atoms with Gasteiger partial charge in [-0.15, -0.1) is 0 Å². The Balaban J connectivity index is 2.13. The maximum atomic E-state index is 13.6. The molecule has 2 aromatic carbocycles. The van der Waals surface area contributed by atoms with Gasteiger partial charge in [-0.1, -0.05) is 28.1 Å². The maximum Gasteiger partial charge on any atom is 0.129 e. The Morgan fingerprint density at radius 1 is 1.25 bits per heavy atom. The Labute approximate surface area is 126 Å². The number of halogens is 2. The molecule has 0 fully saturated rings. The largest absolute Gasteiger partial charge is 0.489 e. The molecule has 4 heteroatoms. The van der Waals surface area contributed by atoms with Crippen molar-refractivity contribution in [3.63, 3.8) is 0 Å². The maximum absolute atomic E-state index is 13.6. The number of ether oxygens (including phenoxy) is 1. The molecule has 2 N–H and O–H groups in total. The summed E-state index contributed by atoms with van der Waals surface area (Å²) in [6.45, 7) is 4.09. The molecular formula is C16H17BrFNO. The van der Waals surface area contributed by atoms with Crippen LogP contribution in [0.25, 0.3) is 0 Å². The van der Waals surface area contributed by atoms with Crippen LogP contribution in [0, 0.1) is 12.7 Å². The van der Waals surface area contributed by atoms with Crippen LogP contribution in [0.4, 0.5) is 4.39 Å². The first-order chi connectivity index (χ1) is 9.47. The molecule has 0 spiro atoms. The quantitative estimate of drug-likeness (QED) is 0.891. The second-order valence-corrected chi connectivity index (χ2v) is 5.75. The smallest absolute Gasteiger partial charge is 0.129 e. The molecule has 1 unspecified atom stereocenters. The van der Waals surface area contributed by atoms with Crippen molar-refractivity contribution in [2.75, 3.05) is 0 Å². The highest BCUT2D eigenvalue weighted by atomic mass is 79.9. The van der Waals surface area contributed by atoms with Crippen molar-refractivity contribution in [2.24, 2.45) is 5.73 Å². The van der Waals surface area contributed by atoms with Crippen LogP contribution in [0.1, 0.15) is 29.7 Å².